The number of ether oxygens (including phenoxy) is 1. The van der Waals surface area contributed by atoms with Crippen LogP contribution in [0.4, 0.5) is 0 Å². The van der Waals surface area contributed by atoms with Gasteiger partial charge in [0.15, 0.2) is 0 Å². The summed E-state index contributed by atoms with van der Waals surface area (Å²) in [4.78, 5) is 0. The highest BCUT2D eigenvalue weighted by Crippen LogP contribution is 2.18. The van der Waals surface area contributed by atoms with Crippen LogP contribution in [0.1, 0.15) is 18.6 Å². The van der Waals surface area contributed by atoms with Crippen molar-refractivity contribution in [3.63, 3.8) is 0 Å². The van der Waals surface area contributed by atoms with E-state index in [-0.39, 0.29) is 0 Å². The number of nitrogens with one attached hydrogen (secondary N) is 1. The van der Waals surface area contributed by atoms with Gasteiger partial charge in [0, 0.05) is 18.3 Å². The average molecular weight is 255 g/mol. The standard InChI is InChI=1S/C13H21NO2S/c1-10(9-17-3)14-8-13(15)11-5-4-6-12(7-11)16-2/h4-7,10,13-15H,8-9H2,1-3H3. The van der Waals surface area contributed by atoms with E-state index in [1.807, 2.05) is 24.3 Å². The maximum Gasteiger partial charge on any atom is 0.119 e. The van der Waals surface area contributed by atoms with Crippen LogP contribution in [0.15, 0.2) is 24.3 Å². The highest BCUT2D eigenvalue weighted by atomic mass is 32.2. The molecule has 0 amide bonds. The molecule has 0 bridgehead atoms. The second-order valence-corrected chi connectivity index (χ2v) is 4.97. The summed E-state index contributed by atoms with van der Waals surface area (Å²) in [5, 5.41) is 13.3. The molecule has 1 rings (SSSR count). The molecule has 3 nitrogen and oxygen atoms in total. The fourth-order valence-electron chi connectivity index (χ4n) is 1.59. The minimum atomic E-state index is -0.491. The zero-order valence-corrected chi connectivity index (χ0v) is 11.5. The average Bonchev–Trinajstić information content (AvgIpc) is 2.36. The van der Waals surface area contributed by atoms with Gasteiger partial charge in [-0.3, -0.25) is 0 Å². The first-order valence-corrected chi connectivity index (χ1v) is 7.11. The third kappa shape index (κ3) is 4.98. The highest BCUT2D eigenvalue weighted by molar-refractivity contribution is 7.98. The first-order valence-electron chi connectivity index (χ1n) is 5.71. The van der Waals surface area contributed by atoms with Crippen molar-refractivity contribution in [3.8, 4) is 5.75 Å². The molecule has 1 aromatic carbocycles. The summed E-state index contributed by atoms with van der Waals surface area (Å²) >= 11 is 1.80. The quantitative estimate of drug-likeness (QED) is 0.782. The molecular weight excluding hydrogens is 234 g/mol. The summed E-state index contributed by atoms with van der Waals surface area (Å²) in [6.07, 6.45) is 1.59. The molecule has 2 atom stereocenters. The molecule has 0 saturated heterocycles. The van der Waals surface area contributed by atoms with Gasteiger partial charge in [-0.15, -0.1) is 0 Å². The van der Waals surface area contributed by atoms with Crippen LogP contribution in [0.5, 0.6) is 5.75 Å². The van der Waals surface area contributed by atoms with Gasteiger partial charge >= 0.3 is 0 Å². The van der Waals surface area contributed by atoms with Crippen molar-refractivity contribution in [2.45, 2.75) is 19.1 Å². The van der Waals surface area contributed by atoms with E-state index in [1.54, 1.807) is 18.9 Å². The molecule has 0 aliphatic heterocycles. The number of aliphatic hydroxyl groups excluding tert-OH is 1. The maximum atomic E-state index is 10.0. The lowest BCUT2D eigenvalue weighted by atomic mass is 10.1. The lowest BCUT2D eigenvalue weighted by molar-refractivity contribution is 0.171. The van der Waals surface area contributed by atoms with Crippen molar-refractivity contribution in [2.75, 3.05) is 25.7 Å². The first kappa shape index (κ1) is 14.4. The van der Waals surface area contributed by atoms with Gasteiger partial charge in [-0.05, 0) is 30.9 Å². The normalized spacial score (nSPS) is 14.4. The largest absolute Gasteiger partial charge is 0.497 e. The van der Waals surface area contributed by atoms with Crippen molar-refractivity contribution >= 4 is 11.8 Å². The van der Waals surface area contributed by atoms with Crippen LogP contribution < -0.4 is 10.1 Å². The Bertz CT molecular complexity index is 333. The molecule has 0 aliphatic rings. The van der Waals surface area contributed by atoms with E-state index in [0.717, 1.165) is 17.1 Å². The molecule has 96 valence electrons. The molecule has 0 fully saturated rings. The Kier molecular flexibility index (Phi) is 6.40. The van der Waals surface area contributed by atoms with Crippen LogP contribution in [0, 0.1) is 0 Å². The number of hydrogen-bond donors (Lipinski definition) is 2. The molecule has 0 aliphatic carbocycles. The molecule has 0 spiro atoms. The number of benzene rings is 1. The number of hydrogen-bond acceptors (Lipinski definition) is 4. The van der Waals surface area contributed by atoms with Crippen LogP contribution in [-0.4, -0.2) is 36.8 Å². The van der Waals surface area contributed by atoms with Gasteiger partial charge in [-0.2, -0.15) is 11.8 Å². The third-order valence-electron chi connectivity index (χ3n) is 2.55. The Hall–Kier alpha value is -0.710. The monoisotopic (exact) mass is 255 g/mol. The minimum Gasteiger partial charge on any atom is -0.497 e. The summed E-state index contributed by atoms with van der Waals surface area (Å²) < 4.78 is 5.13. The number of aliphatic hydroxyl groups is 1. The lowest BCUT2D eigenvalue weighted by Crippen LogP contribution is -2.32. The molecule has 0 radical (unpaired) electrons. The Morgan fingerprint density at radius 1 is 1.47 bits per heavy atom. The second-order valence-electron chi connectivity index (χ2n) is 4.06. The van der Waals surface area contributed by atoms with Gasteiger partial charge in [0.05, 0.1) is 13.2 Å². The Morgan fingerprint density at radius 3 is 2.88 bits per heavy atom. The van der Waals surface area contributed by atoms with E-state index in [2.05, 4.69) is 18.5 Å². The summed E-state index contributed by atoms with van der Waals surface area (Å²) in [5.41, 5.74) is 0.883. The van der Waals surface area contributed by atoms with Crippen LogP contribution >= 0.6 is 11.8 Å². The first-order chi connectivity index (χ1) is 8.17. The fraction of sp³-hybridized carbons (Fsp3) is 0.538. The number of thioether (sulfide) groups is 1. The molecule has 2 unspecified atom stereocenters. The molecule has 0 heterocycles. The van der Waals surface area contributed by atoms with Crippen molar-refractivity contribution in [3.05, 3.63) is 29.8 Å². The van der Waals surface area contributed by atoms with E-state index < -0.39 is 6.10 Å². The third-order valence-corrected chi connectivity index (χ3v) is 3.39. The molecule has 2 N–H and O–H groups in total. The minimum absolute atomic E-state index is 0.408. The second kappa shape index (κ2) is 7.58. The van der Waals surface area contributed by atoms with Crippen molar-refractivity contribution < 1.29 is 9.84 Å². The summed E-state index contributed by atoms with van der Waals surface area (Å²) in [5.74, 6) is 1.82. The molecular formula is C13H21NO2S. The van der Waals surface area contributed by atoms with Gasteiger partial charge in [-0.25, -0.2) is 0 Å². The van der Waals surface area contributed by atoms with E-state index >= 15 is 0 Å². The Morgan fingerprint density at radius 2 is 2.24 bits per heavy atom. The predicted octanol–water partition coefficient (Wildman–Crippen LogP) is 2.07. The molecule has 1 aromatic rings. The van der Waals surface area contributed by atoms with Gasteiger partial charge in [-0.1, -0.05) is 12.1 Å². The predicted molar refractivity (Wildman–Crippen MR) is 73.8 cm³/mol. The number of methoxy groups -OCH3 is 1. The molecule has 0 aromatic heterocycles. The van der Waals surface area contributed by atoms with E-state index in [0.29, 0.717) is 12.6 Å². The van der Waals surface area contributed by atoms with Crippen LogP contribution in [-0.2, 0) is 0 Å². The van der Waals surface area contributed by atoms with Crippen LogP contribution in [0.25, 0.3) is 0 Å². The SMILES string of the molecule is COc1cccc(C(O)CNC(C)CSC)c1. The Balaban J connectivity index is 2.48. The fourth-order valence-corrected chi connectivity index (χ4v) is 2.21. The summed E-state index contributed by atoms with van der Waals surface area (Å²) in [6, 6.07) is 7.95. The topological polar surface area (TPSA) is 41.5 Å². The zero-order chi connectivity index (χ0) is 12.7. The van der Waals surface area contributed by atoms with E-state index in [4.69, 9.17) is 4.74 Å². The van der Waals surface area contributed by atoms with Gasteiger partial charge in [0.2, 0.25) is 0 Å². The molecule has 4 heteroatoms. The van der Waals surface area contributed by atoms with E-state index in [9.17, 15) is 5.11 Å². The summed E-state index contributed by atoms with van der Waals surface area (Å²) in [6.45, 7) is 2.68. The maximum absolute atomic E-state index is 10.0. The number of rotatable bonds is 7. The lowest BCUT2D eigenvalue weighted by Gasteiger charge is -2.17. The van der Waals surface area contributed by atoms with E-state index in [1.165, 1.54) is 0 Å². The van der Waals surface area contributed by atoms with Gasteiger partial charge < -0.3 is 15.2 Å². The van der Waals surface area contributed by atoms with Gasteiger partial charge in [0.25, 0.3) is 0 Å². The Labute approximate surface area is 108 Å². The van der Waals surface area contributed by atoms with Crippen molar-refractivity contribution in [2.24, 2.45) is 0 Å². The smallest absolute Gasteiger partial charge is 0.119 e. The summed E-state index contributed by atoms with van der Waals surface area (Å²) in [7, 11) is 1.63. The zero-order valence-electron chi connectivity index (χ0n) is 10.6. The van der Waals surface area contributed by atoms with Crippen molar-refractivity contribution in [1.82, 2.24) is 5.32 Å². The molecule has 0 saturated carbocycles. The van der Waals surface area contributed by atoms with Crippen LogP contribution in [0.3, 0.4) is 0 Å². The highest BCUT2D eigenvalue weighted by Gasteiger charge is 2.09. The molecule has 17 heavy (non-hydrogen) atoms. The van der Waals surface area contributed by atoms with Crippen molar-refractivity contribution in [1.29, 1.82) is 0 Å². The van der Waals surface area contributed by atoms with Gasteiger partial charge in [0.1, 0.15) is 5.75 Å². The van der Waals surface area contributed by atoms with Crippen LogP contribution in [0.2, 0.25) is 0 Å².